The van der Waals surface area contributed by atoms with Gasteiger partial charge in [0.2, 0.25) is 11.7 Å². The van der Waals surface area contributed by atoms with E-state index in [1.54, 1.807) is 17.0 Å². The maximum atomic E-state index is 14.0. The van der Waals surface area contributed by atoms with Crippen molar-refractivity contribution in [3.63, 3.8) is 0 Å². The molecule has 0 saturated carbocycles. The SMILES string of the molecule is C=CCOC(=O)N1c2cc(OCCCC(=O)Nc3cn(C)c(C(=O)O)n3)c(C)cc2C(=O)N2CCCC[C@H]2C1OC1CCCCO1. The molecule has 0 radical (unpaired) electrons. The molecule has 2 aromatic rings. The highest BCUT2D eigenvalue weighted by molar-refractivity contribution is 6.05. The third kappa shape index (κ3) is 7.34. The van der Waals surface area contributed by atoms with Crippen LogP contribution in [0.5, 0.6) is 5.75 Å². The molecule has 3 aliphatic heterocycles. The first-order valence-corrected chi connectivity index (χ1v) is 15.7. The first-order chi connectivity index (χ1) is 22.2. The lowest BCUT2D eigenvalue weighted by molar-refractivity contribution is -0.198. The molecule has 46 heavy (non-hydrogen) atoms. The number of aromatic nitrogens is 2. The van der Waals surface area contributed by atoms with Gasteiger partial charge in [-0.05, 0) is 63.5 Å². The summed E-state index contributed by atoms with van der Waals surface area (Å²) in [6.07, 6.45) is 6.22. The van der Waals surface area contributed by atoms with Gasteiger partial charge in [-0.25, -0.2) is 19.5 Å². The molecule has 4 heterocycles. The number of ether oxygens (including phenoxy) is 4. The van der Waals surface area contributed by atoms with Crippen LogP contribution in [-0.4, -0.2) is 88.4 Å². The van der Waals surface area contributed by atoms with Crippen molar-refractivity contribution in [3.8, 4) is 5.75 Å². The van der Waals surface area contributed by atoms with Crippen molar-refractivity contribution in [1.29, 1.82) is 0 Å². The number of aryl methyl sites for hydroxylation is 2. The minimum Gasteiger partial charge on any atom is -0.493 e. The van der Waals surface area contributed by atoms with Gasteiger partial charge < -0.3 is 38.8 Å². The fraction of sp³-hybridized carbons (Fsp3) is 0.531. The number of amides is 3. The number of imidazole rings is 1. The first-order valence-electron chi connectivity index (χ1n) is 15.7. The predicted molar refractivity (Wildman–Crippen MR) is 166 cm³/mol. The average Bonchev–Trinajstić information content (AvgIpc) is 3.38. The molecule has 0 bridgehead atoms. The lowest BCUT2D eigenvalue weighted by Crippen LogP contribution is -2.57. The Morgan fingerprint density at radius 3 is 2.72 bits per heavy atom. The molecule has 1 aromatic carbocycles. The summed E-state index contributed by atoms with van der Waals surface area (Å²) in [4.78, 5) is 58.6. The number of hydrogen-bond donors (Lipinski definition) is 2. The number of anilines is 2. The second-order valence-electron chi connectivity index (χ2n) is 11.6. The van der Waals surface area contributed by atoms with Gasteiger partial charge in [-0.3, -0.25) is 9.59 Å². The Labute approximate surface area is 267 Å². The summed E-state index contributed by atoms with van der Waals surface area (Å²) in [5, 5.41) is 11.8. The van der Waals surface area contributed by atoms with Gasteiger partial charge in [0.1, 0.15) is 12.4 Å². The molecule has 0 spiro atoms. The van der Waals surface area contributed by atoms with E-state index in [0.717, 1.165) is 25.7 Å². The maximum absolute atomic E-state index is 14.0. The van der Waals surface area contributed by atoms with Crippen molar-refractivity contribution < 1.29 is 43.2 Å². The van der Waals surface area contributed by atoms with E-state index in [1.165, 1.54) is 28.8 Å². The minimum absolute atomic E-state index is 0.0208. The lowest BCUT2D eigenvalue weighted by atomic mass is 10.00. The number of carboxylic acids is 1. The molecular weight excluding hydrogens is 598 g/mol. The number of aromatic carboxylic acids is 1. The summed E-state index contributed by atoms with van der Waals surface area (Å²) in [5.41, 5.74) is 1.35. The van der Waals surface area contributed by atoms with Gasteiger partial charge in [0.25, 0.3) is 5.91 Å². The van der Waals surface area contributed by atoms with Crippen LogP contribution in [0.25, 0.3) is 0 Å². The third-order valence-corrected chi connectivity index (χ3v) is 8.27. The summed E-state index contributed by atoms with van der Waals surface area (Å²) in [5.74, 6) is -1.33. The van der Waals surface area contributed by atoms with E-state index in [2.05, 4.69) is 16.9 Å². The molecule has 2 unspecified atom stereocenters. The number of hydrogen-bond acceptors (Lipinski definition) is 9. The number of rotatable bonds is 11. The van der Waals surface area contributed by atoms with Gasteiger partial charge in [0, 0.05) is 38.9 Å². The van der Waals surface area contributed by atoms with Crippen LogP contribution >= 0.6 is 0 Å². The van der Waals surface area contributed by atoms with Gasteiger partial charge >= 0.3 is 12.1 Å². The zero-order chi connectivity index (χ0) is 32.8. The smallest absolute Gasteiger partial charge is 0.416 e. The highest BCUT2D eigenvalue weighted by atomic mass is 16.7. The average molecular weight is 640 g/mol. The highest BCUT2D eigenvalue weighted by Gasteiger charge is 2.46. The zero-order valence-corrected chi connectivity index (χ0v) is 26.2. The van der Waals surface area contributed by atoms with Crippen LogP contribution in [0, 0.1) is 6.92 Å². The van der Waals surface area contributed by atoms with Crippen molar-refractivity contribution in [2.75, 3.05) is 36.6 Å². The fourth-order valence-corrected chi connectivity index (χ4v) is 6.05. The van der Waals surface area contributed by atoms with Crippen molar-refractivity contribution in [2.45, 2.75) is 76.9 Å². The van der Waals surface area contributed by atoms with E-state index in [9.17, 15) is 19.2 Å². The number of benzene rings is 1. The molecule has 0 aliphatic carbocycles. The van der Waals surface area contributed by atoms with E-state index in [0.29, 0.717) is 55.0 Å². The van der Waals surface area contributed by atoms with Gasteiger partial charge in [-0.2, -0.15) is 0 Å². The summed E-state index contributed by atoms with van der Waals surface area (Å²) in [6.45, 7) is 6.72. The Kier molecular flexibility index (Phi) is 10.6. The molecule has 2 N–H and O–H groups in total. The van der Waals surface area contributed by atoms with Crippen molar-refractivity contribution in [2.24, 2.45) is 7.05 Å². The Bertz CT molecular complexity index is 1470. The van der Waals surface area contributed by atoms with E-state index >= 15 is 0 Å². The second-order valence-corrected chi connectivity index (χ2v) is 11.6. The van der Waals surface area contributed by atoms with Crippen LogP contribution in [0.4, 0.5) is 16.3 Å². The fourth-order valence-electron chi connectivity index (χ4n) is 6.05. The van der Waals surface area contributed by atoms with Crippen LogP contribution in [0.3, 0.4) is 0 Å². The molecule has 14 heteroatoms. The molecule has 14 nitrogen and oxygen atoms in total. The van der Waals surface area contributed by atoms with Crippen LogP contribution in [0.15, 0.2) is 31.0 Å². The molecular formula is C32H41N5O9. The van der Waals surface area contributed by atoms with Crippen LogP contribution in [0.1, 0.15) is 77.9 Å². The quantitative estimate of drug-likeness (QED) is 0.269. The van der Waals surface area contributed by atoms with Gasteiger partial charge in [0.15, 0.2) is 18.3 Å². The van der Waals surface area contributed by atoms with Gasteiger partial charge in [0.05, 0.1) is 23.9 Å². The van der Waals surface area contributed by atoms with E-state index in [1.807, 2.05) is 6.92 Å². The molecule has 2 fully saturated rings. The molecule has 3 amide bonds. The Morgan fingerprint density at radius 2 is 2.00 bits per heavy atom. The maximum Gasteiger partial charge on any atom is 0.416 e. The van der Waals surface area contributed by atoms with Crippen LogP contribution in [0.2, 0.25) is 0 Å². The topological polar surface area (TPSA) is 162 Å². The number of carbonyl (C=O) groups is 4. The normalized spacial score (nSPS) is 21.1. The number of carbonyl (C=O) groups excluding carboxylic acids is 3. The number of nitrogens with zero attached hydrogens (tertiary/aromatic N) is 4. The lowest BCUT2D eigenvalue weighted by Gasteiger charge is -2.42. The monoisotopic (exact) mass is 639 g/mol. The van der Waals surface area contributed by atoms with Crippen molar-refractivity contribution in [1.82, 2.24) is 14.5 Å². The molecule has 3 atom stereocenters. The van der Waals surface area contributed by atoms with Crippen LogP contribution in [-0.2, 0) is 26.1 Å². The summed E-state index contributed by atoms with van der Waals surface area (Å²) in [7, 11) is 1.53. The van der Waals surface area contributed by atoms with E-state index in [4.69, 9.17) is 24.1 Å². The van der Waals surface area contributed by atoms with Crippen LogP contribution < -0.4 is 15.0 Å². The zero-order valence-electron chi connectivity index (χ0n) is 26.2. The van der Waals surface area contributed by atoms with Crippen molar-refractivity contribution >= 4 is 35.4 Å². The molecule has 248 valence electrons. The Hall–Kier alpha value is -4.43. The number of carboxylic acid groups (broad SMARTS) is 1. The summed E-state index contributed by atoms with van der Waals surface area (Å²) < 4.78 is 25.4. The summed E-state index contributed by atoms with van der Waals surface area (Å²) >= 11 is 0. The molecule has 2 saturated heterocycles. The second kappa shape index (κ2) is 14.8. The molecule has 1 aromatic heterocycles. The van der Waals surface area contributed by atoms with E-state index in [-0.39, 0.29) is 43.1 Å². The highest BCUT2D eigenvalue weighted by Crippen LogP contribution is 2.40. The minimum atomic E-state index is -1.20. The van der Waals surface area contributed by atoms with E-state index < -0.39 is 30.6 Å². The Morgan fingerprint density at radius 1 is 1.20 bits per heavy atom. The summed E-state index contributed by atoms with van der Waals surface area (Å²) in [6, 6.07) is 2.99. The van der Waals surface area contributed by atoms with Gasteiger partial charge in [-0.15, -0.1) is 0 Å². The third-order valence-electron chi connectivity index (χ3n) is 8.27. The predicted octanol–water partition coefficient (Wildman–Crippen LogP) is 4.23. The molecule has 3 aliphatic rings. The number of piperidine rings is 1. The number of fused-ring (bicyclic) bond motifs is 2. The first kappa shape index (κ1) is 32.9. The number of nitrogens with one attached hydrogen (secondary N) is 1. The van der Waals surface area contributed by atoms with Crippen molar-refractivity contribution in [3.05, 3.63) is 47.9 Å². The standard InChI is InChI=1S/C32H41N5O9/c1-4-14-45-32(42)37-23-18-24(43-16-9-11-26(38)33-25-19-35(3)28(34-25)31(40)41)20(2)17-21(23)29(39)36-13-7-5-10-22(36)30(37)46-27-12-6-8-15-44-27/h4,17-19,22,27,30H,1,5-16H2,2-3H3,(H,33,38)(H,40,41)/t22-,27?,30?/m0/s1. The van der Waals surface area contributed by atoms with Gasteiger partial charge in [-0.1, -0.05) is 12.7 Å². The largest absolute Gasteiger partial charge is 0.493 e. The Balaban J connectivity index is 1.37. The molecule has 5 rings (SSSR count).